The summed E-state index contributed by atoms with van der Waals surface area (Å²) in [6.45, 7) is 1.56. The molecule has 0 unspecified atom stereocenters. The van der Waals surface area contributed by atoms with Gasteiger partial charge in [-0.3, -0.25) is 4.79 Å². The van der Waals surface area contributed by atoms with Gasteiger partial charge in [-0.15, -0.1) is 0 Å². The second kappa shape index (κ2) is 6.93. The van der Waals surface area contributed by atoms with Gasteiger partial charge < -0.3 is 14.6 Å². The number of rotatable bonds is 3. The molecule has 0 aliphatic carbocycles. The minimum atomic E-state index is -4.86. The van der Waals surface area contributed by atoms with E-state index in [2.05, 4.69) is 10.4 Å². The molecule has 4 rings (SSSR count). The van der Waals surface area contributed by atoms with Gasteiger partial charge in [0, 0.05) is 23.2 Å². The van der Waals surface area contributed by atoms with E-state index in [-0.39, 0.29) is 11.9 Å². The van der Waals surface area contributed by atoms with Gasteiger partial charge in [0.1, 0.15) is 11.7 Å². The lowest BCUT2D eigenvalue weighted by atomic mass is 10.1. The molecule has 1 aliphatic heterocycles. The molecule has 0 atom stereocenters. The summed E-state index contributed by atoms with van der Waals surface area (Å²) >= 11 is 0. The van der Waals surface area contributed by atoms with Gasteiger partial charge in [-0.05, 0) is 38.1 Å². The number of aromatic nitrogens is 3. The van der Waals surface area contributed by atoms with Crippen molar-refractivity contribution in [1.29, 1.82) is 0 Å². The quantitative estimate of drug-likeness (QED) is 0.668. The van der Waals surface area contributed by atoms with Gasteiger partial charge in [-0.2, -0.15) is 18.3 Å². The smallest absolute Gasteiger partial charge is 0.423 e. The molecule has 0 spiro atoms. The molecule has 28 heavy (non-hydrogen) atoms. The number of fused-ring (bicyclic) bond motifs is 1. The third-order valence-electron chi connectivity index (χ3n) is 4.67. The number of hydrogen-bond donors (Lipinski definition) is 2. The second-order valence-electron chi connectivity index (χ2n) is 6.60. The van der Waals surface area contributed by atoms with E-state index in [9.17, 15) is 22.4 Å². The number of H-pyrrole nitrogens is 1. The summed E-state index contributed by atoms with van der Waals surface area (Å²) in [5.74, 6) is -0.541. The zero-order valence-electron chi connectivity index (χ0n) is 14.5. The lowest BCUT2D eigenvalue weighted by Gasteiger charge is -2.24. The number of ether oxygens (including phenoxy) is 1. The lowest BCUT2D eigenvalue weighted by molar-refractivity contribution is -0.138. The zero-order chi connectivity index (χ0) is 19.9. The van der Waals surface area contributed by atoms with Crippen molar-refractivity contribution in [3.05, 3.63) is 52.5 Å². The van der Waals surface area contributed by atoms with Crippen LogP contribution in [0.1, 0.15) is 18.4 Å². The maximum Gasteiger partial charge on any atom is 0.423 e. The minimum Gasteiger partial charge on any atom is -0.487 e. The summed E-state index contributed by atoms with van der Waals surface area (Å²) in [6.07, 6.45) is 0.110. The third-order valence-corrected chi connectivity index (χ3v) is 4.67. The van der Waals surface area contributed by atoms with Crippen LogP contribution < -0.4 is 15.6 Å². The first-order chi connectivity index (χ1) is 13.3. The van der Waals surface area contributed by atoms with Gasteiger partial charge in [-0.1, -0.05) is 0 Å². The highest BCUT2D eigenvalue weighted by molar-refractivity contribution is 5.84. The maximum absolute atomic E-state index is 14.4. The van der Waals surface area contributed by atoms with Crippen molar-refractivity contribution >= 4 is 10.8 Å². The van der Waals surface area contributed by atoms with Gasteiger partial charge in [-0.25, -0.2) is 9.49 Å². The fraction of sp³-hybridized carbons (Fsp3) is 0.333. The molecular formula is C18H16F4N4O2. The SMILES string of the molecule is O=c1[nH]ncc(-n2cc3cc(F)c(OC4CCNCC4)cc3c2)c1C(F)(F)F. The Kier molecular flexibility index (Phi) is 4.58. The Morgan fingerprint density at radius 2 is 1.82 bits per heavy atom. The van der Waals surface area contributed by atoms with Gasteiger partial charge >= 0.3 is 6.18 Å². The predicted molar refractivity (Wildman–Crippen MR) is 93.2 cm³/mol. The number of aromatic amines is 1. The molecule has 148 valence electrons. The summed E-state index contributed by atoms with van der Waals surface area (Å²) in [6, 6.07) is 2.66. The zero-order valence-corrected chi connectivity index (χ0v) is 14.5. The van der Waals surface area contributed by atoms with Crippen molar-refractivity contribution in [2.24, 2.45) is 0 Å². The molecule has 6 nitrogen and oxygen atoms in total. The van der Waals surface area contributed by atoms with Crippen LogP contribution in [-0.4, -0.2) is 34.0 Å². The average Bonchev–Trinajstić information content (AvgIpc) is 3.04. The van der Waals surface area contributed by atoms with Crippen LogP contribution in [0.15, 0.2) is 35.5 Å². The Morgan fingerprint density at radius 1 is 1.14 bits per heavy atom. The van der Waals surface area contributed by atoms with Gasteiger partial charge in [0.05, 0.1) is 11.9 Å². The summed E-state index contributed by atoms with van der Waals surface area (Å²) < 4.78 is 61.1. The molecule has 10 heteroatoms. The Labute approximate surface area is 156 Å². The van der Waals surface area contributed by atoms with Crippen molar-refractivity contribution in [1.82, 2.24) is 20.1 Å². The highest BCUT2D eigenvalue weighted by Gasteiger charge is 2.37. The molecule has 2 N–H and O–H groups in total. The van der Waals surface area contributed by atoms with E-state index in [4.69, 9.17) is 4.74 Å². The highest BCUT2D eigenvalue weighted by atomic mass is 19.4. The summed E-state index contributed by atoms with van der Waals surface area (Å²) in [4.78, 5) is 11.7. The van der Waals surface area contributed by atoms with E-state index in [1.807, 2.05) is 0 Å². The number of piperidine rings is 1. The minimum absolute atomic E-state index is 0.0530. The molecule has 1 aromatic carbocycles. The number of nitrogens with one attached hydrogen (secondary N) is 2. The topological polar surface area (TPSA) is 71.9 Å². The Bertz CT molecular complexity index is 1070. The first-order valence-corrected chi connectivity index (χ1v) is 8.67. The van der Waals surface area contributed by atoms with Crippen molar-refractivity contribution in [2.75, 3.05) is 13.1 Å². The fourth-order valence-electron chi connectivity index (χ4n) is 3.33. The second-order valence-corrected chi connectivity index (χ2v) is 6.60. The van der Waals surface area contributed by atoms with Crippen LogP contribution in [0.5, 0.6) is 5.75 Å². The van der Waals surface area contributed by atoms with Gasteiger partial charge in [0.15, 0.2) is 11.6 Å². The third kappa shape index (κ3) is 3.47. The molecule has 3 aromatic rings. The Balaban J connectivity index is 1.75. The first kappa shape index (κ1) is 18.5. The van der Waals surface area contributed by atoms with Crippen molar-refractivity contribution in [3.63, 3.8) is 0 Å². The van der Waals surface area contributed by atoms with Crippen LogP contribution >= 0.6 is 0 Å². The van der Waals surface area contributed by atoms with Crippen LogP contribution in [0.2, 0.25) is 0 Å². The van der Waals surface area contributed by atoms with E-state index in [0.717, 1.165) is 36.7 Å². The van der Waals surface area contributed by atoms with Crippen molar-refractivity contribution < 1.29 is 22.3 Å². The molecule has 2 aromatic heterocycles. The van der Waals surface area contributed by atoms with Crippen LogP contribution in [0.25, 0.3) is 16.5 Å². The van der Waals surface area contributed by atoms with Gasteiger partial charge in [0.2, 0.25) is 0 Å². The fourth-order valence-corrected chi connectivity index (χ4v) is 3.33. The largest absolute Gasteiger partial charge is 0.487 e. The molecule has 0 amide bonds. The van der Waals surface area contributed by atoms with E-state index >= 15 is 0 Å². The van der Waals surface area contributed by atoms with Crippen molar-refractivity contribution in [3.8, 4) is 11.4 Å². The van der Waals surface area contributed by atoms with E-state index in [1.165, 1.54) is 24.5 Å². The number of halogens is 4. The van der Waals surface area contributed by atoms with Crippen LogP contribution in [-0.2, 0) is 6.18 Å². The summed E-state index contributed by atoms with van der Waals surface area (Å²) in [7, 11) is 0. The molecule has 0 radical (unpaired) electrons. The van der Waals surface area contributed by atoms with E-state index in [1.54, 1.807) is 5.10 Å². The number of nitrogens with zero attached hydrogens (tertiary/aromatic N) is 2. The van der Waals surface area contributed by atoms with Crippen LogP contribution in [0, 0.1) is 5.82 Å². The van der Waals surface area contributed by atoms with Crippen LogP contribution in [0.4, 0.5) is 17.6 Å². The monoisotopic (exact) mass is 396 g/mol. The number of benzene rings is 1. The normalized spacial score (nSPS) is 15.9. The standard InChI is InChI=1S/C18H16F4N4O2/c19-13-5-10-8-26(14-7-24-25-17(27)16(14)18(20,21)22)9-11(10)6-15(13)28-12-1-3-23-4-2-12/h5-9,12,23H,1-4H2,(H,25,27). The summed E-state index contributed by atoms with van der Waals surface area (Å²) in [5, 5.41) is 9.29. The van der Waals surface area contributed by atoms with E-state index < -0.39 is 28.8 Å². The number of alkyl halides is 3. The Morgan fingerprint density at radius 3 is 2.50 bits per heavy atom. The van der Waals surface area contributed by atoms with Crippen molar-refractivity contribution in [2.45, 2.75) is 25.1 Å². The molecule has 1 fully saturated rings. The van der Waals surface area contributed by atoms with Gasteiger partial charge in [0.25, 0.3) is 5.56 Å². The predicted octanol–water partition coefficient (Wildman–Crippen LogP) is 3.00. The molecular weight excluding hydrogens is 380 g/mol. The molecule has 0 bridgehead atoms. The maximum atomic E-state index is 14.4. The molecule has 1 aliphatic rings. The van der Waals surface area contributed by atoms with Crippen LogP contribution in [0.3, 0.4) is 0 Å². The average molecular weight is 396 g/mol. The first-order valence-electron chi connectivity index (χ1n) is 8.67. The molecule has 1 saturated heterocycles. The lowest BCUT2D eigenvalue weighted by Crippen LogP contribution is -2.34. The molecule has 0 saturated carbocycles. The highest BCUT2D eigenvalue weighted by Crippen LogP contribution is 2.33. The summed E-state index contributed by atoms with van der Waals surface area (Å²) in [5.41, 5.74) is -3.15. The van der Waals surface area contributed by atoms with E-state index in [0.29, 0.717) is 10.8 Å². The molecule has 3 heterocycles. The number of hydrogen-bond acceptors (Lipinski definition) is 4. The Hall–Kier alpha value is -2.88.